The lowest BCUT2D eigenvalue weighted by Gasteiger charge is -2.24. The summed E-state index contributed by atoms with van der Waals surface area (Å²) in [4.78, 5) is 55.3. The van der Waals surface area contributed by atoms with Crippen LogP contribution in [0, 0.1) is 0 Å². The number of unbranched alkanes of at least 4 members (excludes halogenated alkanes) is 33. The van der Waals surface area contributed by atoms with Crippen molar-refractivity contribution in [1.29, 1.82) is 0 Å². The molecule has 0 aromatic rings. The number of carbonyl (C=O) groups excluding carboxylic acids is 4. The number of nitrogens with zero attached hydrogens (tertiary/aromatic N) is 1. The molecule has 1 aliphatic heterocycles. The van der Waals surface area contributed by atoms with Crippen LogP contribution >= 0.6 is 0 Å². The highest BCUT2D eigenvalue weighted by Crippen LogP contribution is 2.30. The molecule has 1 rings (SSSR count). The summed E-state index contributed by atoms with van der Waals surface area (Å²) in [6, 6.07) is 0. The largest absolute Gasteiger partial charge is 0.463 e. The minimum Gasteiger partial charge on any atom is -0.463 e. The zero-order valence-corrected chi connectivity index (χ0v) is 49.4. The quantitative estimate of drug-likeness (QED) is 0.0252. The van der Waals surface area contributed by atoms with Crippen molar-refractivity contribution in [3.05, 3.63) is 36.5 Å². The molecule has 0 aliphatic carbocycles. The van der Waals surface area contributed by atoms with Crippen LogP contribution < -0.4 is 0 Å². The molecule has 75 heavy (non-hydrogen) atoms. The van der Waals surface area contributed by atoms with Gasteiger partial charge in [0.15, 0.2) is 6.10 Å². The molecule has 4 atom stereocenters. The zero-order valence-electron chi connectivity index (χ0n) is 49.4. The van der Waals surface area contributed by atoms with Gasteiger partial charge in [-0.05, 0) is 123 Å². The van der Waals surface area contributed by atoms with Crippen LogP contribution in [0.25, 0.3) is 0 Å². The predicted molar refractivity (Wildman–Crippen MR) is 312 cm³/mol. The highest BCUT2D eigenvalue weighted by Gasteiger charge is 2.52. The predicted octanol–water partition coefficient (Wildman–Crippen LogP) is 18.1. The zero-order chi connectivity index (χ0) is 54.5. The number of hydrogen-bond acceptors (Lipinski definition) is 10. The van der Waals surface area contributed by atoms with Crippen molar-refractivity contribution in [3.63, 3.8) is 0 Å². The molecule has 1 fully saturated rings. The minimum atomic E-state index is -1.30. The molecule has 0 N–H and O–H groups in total. The molecule has 1 heterocycles. The highest BCUT2D eigenvalue weighted by molar-refractivity contribution is 5.72. The van der Waals surface area contributed by atoms with E-state index in [1.807, 2.05) is 19.0 Å². The molecular formula is C65H117NO9. The Morgan fingerprint density at radius 2 is 0.653 bits per heavy atom. The third kappa shape index (κ3) is 44.7. The maximum absolute atomic E-state index is 13.5. The van der Waals surface area contributed by atoms with Gasteiger partial charge in [0.2, 0.25) is 12.4 Å². The summed E-state index contributed by atoms with van der Waals surface area (Å²) in [5.41, 5.74) is 0. The molecule has 0 saturated carbocycles. The average molecular weight is 1060 g/mol. The Balaban J connectivity index is 2.82. The fourth-order valence-corrected chi connectivity index (χ4v) is 9.61. The van der Waals surface area contributed by atoms with Crippen LogP contribution in [0.3, 0.4) is 0 Å². The van der Waals surface area contributed by atoms with E-state index < -0.39 is 48.5 Å². The summed E-state index contributed by atoms with van der Waals surface area (Å²) >= 11 is 0. The molecule has 0 bridgehead atoms. The van der Waals surface area contributed by atoms with Gasteiger partial charge >= 0.3 is 23.9 Å². The summed E-state index contributed by atoms with van der Waals surface area (Å²) in [7, 11) is 3.90. The molecule has 2 unspecified atom stereocenters. The Labute approximate surface area is 461 Å². The van der Waals surface area contributed by atoms with Crippen molar-refractivity contribution in [2.75, 3.05) is 27.2 Å². The van der Waals surface area contributed by atoms with Crippen molar-refractivity contribution in [1.82, 2.24) is 4.90 Å². The first-order chi connectivity index (χ1) is 36.7. The van der Waals surface area contributed by atoms with Gasteiger partial charge in [0.25, 0.3) is 0 Å². The van der Waals surface area contributed by atoms with Crippen LogP contribution in [0.15, 0.2) is 36.5 Å². The van der Waals surface area contributed by atoms with Crippen LogP contribution in [0.4, 0.5) is 0 Å². The molecule has 0 spiro atoms. The molecule has 10 nitrogen and oxygen atoms in total. The van der Waals surface area contributed by atoms with Gasteiger partial charge in [0, 0.05) is 25.7 Å². The first-order valence-electron chi connectivity index (χ1n) is 31.7. The van der Waals surface area contributed by atoms with Gasteiger partial charge in [0.1, 0.15) is 12.7 Å². The third-order valence-corrected chi connectivity index (χ3v) is 14.4. The average Bonchev–Trinajstić information content (AvgIpc) is 3.69. The Hall–Kier alpha value is -2.98. The third-order valence-electron chi connectivity index (χ3n) is 14.4. The normalized spacial score (nSPS) is 16.8. The minimum absolute atomic E-state index is 0.186. The molecule has 0 aromatic carbocycles. The van der Waals surface area contributed by atoms with Crippen LogP contribution in [-0.2, 0) is 42.9 Å². The van der Waals surface area contributed by atoms with E-state index in [2.05, 4.69) is 57.2 Å². The second kappa shape index (κ2) is 53.0. The smallest absolute Gasteiger partial charge is 0.308 e. The van der Waals surface area contributed by atoms with Crippen molar-refractivity contribution >= 4 is 23.9 Å². The Kier molecular flexibility index (Phi) is 49.5. The first kappa shape index (κ1) is 70.0. The van der Waals surface area contributed by atoms with Crippen molar-refractivity contribution in [2.45, 2.75) is 328 Å². The maximum atomic E-state index is 13.5. The van der Waals surface area contributed by atoms with E-state index in [0.29, 0.717) is 25.7 Å². The van der Waals surface area contributed by atoms with Crippen LogP contribution in [0.5, 0.6) is 0 Å². The molecule has 1 aliphatic rings. The Morgan fingerprint density at radius 1 is 0.360 bits per heavy atom. The van der Waals surface area contributed by atoms with E-state index in [-0.39, 0.29) is 32.3 Å². The molecule has 436 valence electrons. The van der Waals surface area contributed by atoms with E-state index in [0.717, 1.165) is 103 Å². The number of allylic oxidation sites excluding steroid dienone is 6. The van der Waals surface area contributed by atoms with Crippen LogP contribution in [0.2, 0.25) is 0 Å². The second-order valence-electron chi connectivity index (χ2n) is 22.0. The molecule has 10 heteroatoms. The van der Waals surface area contributed by atoms with E-state index in [1.165, 1.54) is 135 Å². The SMILES string of the molecule is CCCCCCCC/C=C\CCCCCCCC(=O)OC1C(OC(=O)CCCCCCC/C=C\CCCCCCCC)[C@@H](COC(=O)CCCN(C)C)O[C@H]1OC(=O)CCCCCCC/C=C\CCCCCCCC. The first-order valence-corrected chi connectivity index (χ1v) is 31.7. The maximum Gasteiger partial charge on any atom is 0.308 e. The van der Waals surface area contributed by atoms with Gasteiger partial charge in [-0.2, -0.15) is 0 Å². The number of ether oxygens (including phenoxy) is 5. The summed E-state index contributed by atoms with van der Waals surface area (Å²) in [5, 5.41) is 0. The van der Waals surface area contributed by atoms with E-state index >= 15 is 0 Å². The number of rotatable bonds is 54. The second-order valence-corrected chi connectivity index (χ2v) is 22.0. The number of hydrogen-bond donors (Lipinski definition) is 0. The molecule has 0 aromatic heterocycles. The number of carbonyl (C=O) groups is 4. The van der Waals surface area contributed by atoms with Gasteiger partial charge in [-0.1, -0.05) is 211 Å². The lowest BCUT2D eigenvalue weighted by molar-refractivity contribution is -0.200. The Morgan fingerprint density at radius 3 is 1.00 bits per heavy atom. The van der Waals surface area contributed by atoms with Gasteiger partial charge in [-0.25, -0.2) is 0 Å². The van der Waals surface area contributed by atoms with Crippen LogP contribution in [0.1, 0.15) is 303 Å². The Bertz CT molecular complexity index is 1430. The lowest BCUT2D eigenvalue weighted by Crippen LogP contribution is -2.42. The molecule has 0 amide bonds. The molecule has 1 saturated heterocycles. The van der Waals surface area contributed by atoms with Crippen LogP contribution in [-0.4, -0.2) is 80.6 Å². The van der Waals surface area contributed by atoms with Gasteiger partial charge in [0.05, 0.1) is 0 Å². The number of esters is 4. The van der Waals surface area contributed by atoms with Gasteiger partial charge in [-0.15, -0.1) is 0 Å². The topological polar surface area (TPSA) is 118 Å². The summed E-state index contributed by atoms with van der Waals surface area (Å²) in [5.74, 6) is -1.77. The lowest BCUT2D eigenvalue weighted by atomic mass is 10.1. The van der Waals surface area contributed by atoms with E-state index in [4.69, 9.17) is 23.7 Å². The molecular weight excluding hydrogens is 939 g/mol. The van der Waals surface area contributed by atoms with Crippen molar-refractivity contribution in [2.24, 2.45) is 0 Å². The van der Waals surface area contributed by atoms with Gasteiger partial charge < -0.3 is 28.6 Å². The summed E-state index contributed by atoms with van der Waals surface area (Å²) in [6.07, 6.45) is 55.8. The van der Waals surface area contributed by atoms with Crippen molar-refractivity contribution in [3.8, 4) is 0 Å². The summed E-state index contributed by atoms with van der Waals surface area (Å²) in [6.45, 7) is 7.27. The summed E-state index contributed by atoms with van der Waals surface area (Å²) < 4.78 is 30.0. The monoisotopic (exact) mass is 1060 g/mol. The van der Waals surface area contributed by atoms with E-state index in [9.17, 15) is 19.2 Å². The van der Waals surface area contributed by atoms with Crippen molar-refractivity contribution < 1.29 is 42.9 Å². The fourth-order valence-electron chi connectivity index (χ4n) is 9.61. The van der Waals surface area contributed by atoms with Gasteiger partial charge in [-0.3, -0.25) is 19.2 Å². The van der Waals surface area contributed by atoms with E-state index in [1.54, 1.807) is 0 Å². The highest BCUT2D eigenvalue weighted by atomic mass is 16.8. The standard InChI is InChI=1S/C65H117NO9/c1-6-9-12-15-18-21-24-27-30-33-36-39-42-45-48-52-60(68)73-63-58(57-71-59(67)55-51-56-66(4)5)72-65(75-62(70)54-50-47-44-41-38-35-32-29-26-23-20-17-14-11-8-3)64(63)74-61(69)53-49-46-43-40-37-34-31-28-25-22-19-16-13-10-7-2/h27-32,58,63-65H,6-26,33-57H2,1-5H3/b30-27-,31-28-,32-29-/t58-,63?,64?,65+/m1/s1. The fraction of sp³-hybridized carbons (Fsp3) is 0.846. The molecule has 0 radical (unpaired) electrons.